The van der Waals surface area contributed by atoms with Crippen molar-refractivity contribution in [2.24, 2.45) is 17.3 Å². The zero-order valence-corrected chi connectivity index (χ0v) is 13.1. The molecule has 3 rings (SSSR count). The van der Waals surface area contributed by atoms with Gasteiger partial charge in [0.05, 0.1) is 12.4 Å². The first kappa shape index (κ1) is 14.6. The summed E-state index contributed by atoms with van der Waals surface area (Å²) in [6, 6.07) is 3.84. The van der Waals surface area contributed by atoms with E-state index >= 15 is 0 Å². The minimum Gasteiger partial charge on any atom is -0.469 e. The summed E-state index contributed by atoms with van der Waals surface area (Å²) in [6.45, 7) is 8.13. The topological polar surface area (TPSA) is 51.5 Å². The summed E-state index contributed by atoms with van der Waals surface area (Å²) in [4.78, 5) is 12.2. The quantitative estimate of drug-likeness (QED) is 0.928. The lowest BCUT2D eigenvalue weighted by Gasteiger charge is -2.31. The van der Waals surface area contributed by atoms with Gasteiger partial charge in [-0.3, -0.25) is 4.79 Å². The van der Waals surface area contributed by atoms with Gasteiger partial charge in [0.2, 0.25) is 5.91 Å². The Bertz CT molecular complexity index is 489. The number of hydrogen-bond acceptors (Lipinski definition) is 3. The zero-order valence-electron chi connectivity index (χ0n) is 13.1. The van der Waals surface area contributed by atoms with Crippen molar-refractivity contribution < 1.29 is 13.9 Å². The Morgan fingerprint density at radius 1 is 1.43 bits per heavy atom. The number of nitrogens with one attached hydrogen (secondary N) is 1. The molecule has 0 aromatic carbocycles. The molecule has 21 heavy (non-hydrogen) atoms. The average molecular weight is 291 g/mol. The van der Waals surface area contributed by atoms with Gasteiger partial charge >= 0.3 is 0 Å². The molecule has 1 aromatic heterocycles. The van der Waals surface area contributed by atoms with Crippen LogP contribution in [0.3, 0.4) is 0 Å². The summed E-state index contributed by atoms with van der Waals surface area (Å²) in [5, 5.41) is 3.12. The predicted molar refractivity (Wildman–Crippen MR) is 79.9 cm³/mol. The second-order valence-corrected chi connectivity index (χ2v) is 7.42. The van der Waals surface area contributed by atoms with Gasteiger partial charge in [-0.2, -0.15) is 0 Å². The molecule has 1 amide bonds. The predicted octanol–water partition coefficient (Wildman–Crippen LogP) is 2.95. The highest BCUT2D eigenvalue weighted by Gasteiger charge is 2.46. The summed E-state index contributed by atoms with van der Waals surface area (Å²) < 4.78 is 11.2. The van der Waals surface area contributed by atoms with Gasteiger partial charge in [-0.1, -0.05) is 20.8 Å². The highest BCUT2D eigenvalue weighted by molar-refractivity contribution is 5.82. The molecule has 0 unspecified atom stereocenters. The molecule has 2 heterocycles. The molecule has 4 nitrogen and oxygen atoms in total. The van der Waals surface area contributed by atoms with Crippen LogP contribution in [-0.4, -0.2) is 25.2 Å². The first-order valence-corrected chi connectivity index (χ1v) is 7.89. The van der Waals surface area contributed by atoms with Crippen molar-refractivity contribution in [2.75, 3.05) is 13.2 Å². The molecular formula is C17H25NO3. The van der Waals surface area contributed by atoms with Crippen molar-refractivity contribution in [3.05, 3.63) is 24.2 Å². The van der Waals surface area contributed by atoms with E-state index in [1.54, 1.807) is 6.26 Å². The standard InChI is InChI=1S/C17H25NO3/c1-17(2,3)15-11(6-8-21-15)10-18-16(19)13-9-12(13)14-5-4-7-20-14/h4-5,7,11-13,15H,6,8-10H2,1-3H3,(H,18,19)/t11-,12+,13-,15+/m1/s1. The number of amides is 1. The van der Waals surface area contributed by atoms with Crippen LogP contribution in [-0.2, 0) is 9.53 Å². The molecule has 1 saturated carbocycles. The van der Waals surface area contributed by atoms with Crippen molar-refractivity contribution in [3.63, 3.8) is 0 Å². The second kappa shape index (κ2) is 5.48. The van der Waals surface area contributed by atoms with Crippen molar-refractivity contribution in [1.29, 1.82) is 0 Å². The van der Waals surface area contributed by atoms with E-state index in [4.69, 9.17) is 9.15 Å². The maximum absolute atomic E-state index is 12.2. The molecule has 1 aliphatic heterocycles. The third-order valence-corrected chi connectivity index (χ3v) is 4.64. The first-order valence-electron chi connectivity index (χ1n) is 7.89. The lowest BCUT2D eigenvalue weighted by molar-refractivity contribution is -0.122. The molecule has 1 aromatic rings. The van der Waals surface area contributed by atoms with Crippen LogP contribution >= 0.6 is 0 Å². The fourth-order valence-electron chi connectivity index (χ4n) is 3.46. The average Bonchev–Trinajstić information content (AvgIpc) is 2.88. The van der Waals surface area contributed by atoms with Crippen LogP contribution < -0.4 is 5.32 Å². The van der Waals surface area contributed by atoms with Crippen molar-refractivity contribution in [1.82, 2.24) is 5.32 Å². The summed E-state index contributed by atoms with van der Waals surface area (Å²) in [5.74, 6) is 1.89. The van der Waals surface area contributed by atoms with Crippen LogP contribution in [0.5, 0.6) is 0 Å². The molecule has 4 atom stereocenters. The van der Waals surface area contributed by atoms with Crippen molar-refractivity contribution in [3.8, 4) is 0 Å². The molecule has 2 aliphatic rings. The third kappa shape index (κ3) is 3.15. The Hall–Kier alpha value is -1.29. The van der Waals surface area contributed by atoms with Crippen LogP contribution in [0.2, 0.25) is 0 Å². The monoisotopic (exact) mass is 291 g/mol. The van der Waals surface area contributed by atoms with Gasteiger partial charge < -0.3 is 14.5 Å². The molecule has 0 bridgehead atoms. The Morgan fingerprint density at radius 2 is 2.24 bits per heavy atom. The van der Waals surface area contributed by atoms with Gasteiger partial charge in [0.1, 0.15) is 5.76 Å². The van der Waals surface area contributed by atoms with Gasteiger partial charge in [0, 0.05) is 30.9 Å². The molecule has 1 aliphatic carbocycles. The molecule has 1 N–H and O–H groups in total. The van der Waals surface area contributed by atoms with E-state index in [2.05, 4.69) is 26.1 Å². The lowest BCUT2D eigenvalue weighted by Crippen LogP contribution is -2.39. The molecule has 4 heteroatoms. The highest BCUT2D eigenvalue weighted by atomic mass is 16.5. The SMILES string of the molecule is CC(C)(C)[C@H]1OCC[C@@H]1CNC(=O)[C@@H]1C[C@@H]1c1ccco1. The first-order chi connectivity index (χ1) is 9.97. The normalized spacial score (nSPS) is 32.1. The van der Waals surface area contributed by atoms with Crippen LogP contribution in [0.4, 0.5) is 0 Å². The fraction of sp³-hybridized carbons (Fsp3) is 0.706. The molecular weight excluding hydrogens is 266 g/mol. The minimum absolute atomic E-state index is 0.0894. The summed E-state index contributed by atoms with van der Waals surface area (Å²) in [6.07, 6.45) is 3.85. The van der Waals surface area contributed by atoms with Crippen LogP contribution in [0.1, 0.15) is 45.3 Å². The van der Waals surface area contributed by atoms with Gasteiger partial charge in [0.25, 0.3) is 0 Å². The van der Waals surface area contributed by atoms with E-state index < -0.39 is 0 Å². The van der Waals surface area contributed by atoms with Crippen molar-refractivity contribution >= 4 is 5.91 Å². The van der Waals surface area contributed by atoms with Crippen LogP contribution in [0, 0.1) is 17.3 Å². The van der Waals surface area contributed by atoms with Gasteiger partial charge in [-0.05, 0) is 30.4 Å². The van der Waals surface area contributed by atoms with Gasteiger partial charge in [-0.25, -0.2) is 0 Å². The molecule has 0 radical (unpaired) electrons. The number of furan rings is 1. The lowest BCUT2D eigenvalue weighted by atomic mass is 9.81. The van der Waals surface area contributed by atoms with E-state index in [0.717, 1.165) is 31.8 Å². The van der Waals surface area contributed by atoms with E-state index in [-0.39, 0.29) is 29.3 Å². The Kier molecular flexibility index (Phi) is 3.82. The number of carbonyl (C=O) groups is 1. The van der Waals surface area contributed by atoms with Crippen LogP contribution in [0.25, 0.3) is 0 Å². The molecule has 1 saturated heterocycles. The van der Waals surface area contributed by atoms with E-state index in [0.29, 0.717) is 5.92 Å². The summed E-state index contributed by atoms with van der Waals surface area (Å²) >= 11 is 0. The van der Waals surface area contributed by atoms with Crippen molar-refractivity contribution in [2.45, 2.75) is 45.6 Å². The van der Waals surface area contributed by atoms with Gasteiger partial charge in [-0.15, -0.1) is 0 Å². The Balaban J connectivity index is 1.49. The third-order valence-electron chi connectivity index (χ3n) is 4.64. The summed E-state index contributed by atoms with van der Waals surface area (Å²) in [5.41, 5.74) is 0.127. The highest BCUT2D eigenvalue weighted by Crippen LogP contribution is 2.47. The van der Waals surface area contributed by atoms with Crippen LogP contribution in [0.15, 0.2) is 22.8 Å². The van der Waals surface area contributed by atoms with E-state index in [1.807, 2.05) is 12.1 Å². The number of hydrogen-bond donors (Lipinski definition) is 1. The van der Waals surface area contributed by atoms with Gasteiger partial charge in [0.15, 0.2) is 0 Å². The minimum atomic E-state index is 0.0894. The van der Waals surface area contributed by atoms with E-state index in [1.165, 1.54) is 0 Å². The smallest absolute Gasteiger partial charge is 0.223 e. The molecule has 2 fully saturated rings. The second-order valence-electron chi connectivity index (χ2n) is 7.42. The zero-order chi connectivity index (χ0) is 15.0. The maximum Gasteiger partial charge on any atom is 0.223 e. The Morgan fingerprint density at radius 3 is 2.90 bits per heavy atom. The van der Waals surface area contributed by atoms with E-state index in [9.17, 15) is 4.79 Å². The number of rotatable bonds is 4. The largest absolute Gasteiger partial charge is 0.469 e. The number of carbonyl (C=O) groups excluding carboxylic acids is 1. The molecule has 0 spiro atoms. The number of ether oxygens (including phenoxy) is 1. The Labute approximate surface area is 126 Å². The summed E-state index contributed by atoms with van der Waals surface area (Å²) in [7, 11) is 0. The fourth-order valence-corrected chi connectivity index (χ4v) is 3.46. The molecule has 116 valence electrons. The maximum atomic E-state index is 12.2.